The summed E-state index contributed by atoms with van der Waals surface area (Å²) in [7, 11) is 2.13. The normalized spacial score (nSPS) is 34.3. The molecule has 2 bridgehead atoms. The van der Waals surface area contributed by atoms with Gasteiger partial charge in [0, 0.05) is 12.1 Å². The molecule has 2 aliphatic carbocycles. The molecule has 1 N–H and O–H groups in total. The van der Waals surface area contributed by atoms with Gasteiger partial charge in [0.2, 0.25) is 0 Å². The molecule has 2 nitrogen and oxygen atoms in total. The minimum Gasteiger partial charge on any atom is -0.394 e. The van der Waals surface area contributed by atoms with Crippen molar-refractivity contribution in [1.82, 2.24) is 4.90 Å². The number of likely N-dealkylation sites (N-methyl/N-ethyl adjacent to an activating group) is 1. The molecule has 0 aromatic heterocycles. The molecule has 3 unspecified atom stereocenters. The third-order valence-corrected chi connectivity index (χ3v) is 4.35. The van der Waals surface area contributed by atoms with Crippen molar-refractivity contribution in [2.75, 3.05) is 20.2 Å². The second-order valence-electron chi connectivity index (χ2n) is 5.89. The van der Waals surface area contributed by atoms with E-state index >= 15 is 0 Å². The van der Waals surface area contributed by atoms with Crippen LogP contribution in [-0.2, 0) is 0 Å². The average molecular weight is 209 g/mol. The van der Waals surface area contributed by atoms with Gasteiger partial charge in [-0.25, -0.2) is 0 Å². The van der Waals surface area contributed by atoms with Crippen LogP contribution in [0.4, 0.5) is 0 Å². The molecule has 15 heavy (non-hydrogen) atoms. The highest BCUT2D eigenvalue weighted by Gasteiger charge is 2.37. The van der Waals surface area contributed by atoms with E-state index < -0.39 is 0 Å². The first kappa shape index (κ1) is 11.2. The molecule has 0 spiro atoms. The summed E-state index contributed by atoms with van der Waals surface area (Å²) in [6, 6.07) is 0. The fourth-order valence-electron chi connectivity index (χ4n) is 2.82. The van der Waals surface area contributed by atoms with Gasteiger partial charge in [-0.15, -0.1) is 0 Å². The van der Waals surface area contributed by atoms with E-state index in [1.54, 1.807) is 0 Å². The van der Waals surface area contributed by atoms with Crippen LogP contribution < -0.4 is 0 Å². The monoisotopic (exact) mass is 209 g/mol. The van der Waals surface area contributed by atoms with E-state index in [-0.39, 0.29) is 12.1 Å². The maximum absolute atomic E-state index is 9.31. The molecule has 2 rings (SSSR count). The van der Waals surface area contributed by atoms with Crippen molar-refractivity contribution in [2.24, 2.45) is 17.8 Å². The summed E-state index contributed by atoms with van der Waals surface area (Å²) in [5.74, 6) is 2.48. The Balaban J connectivity index is 1.90. The van der Waals surface area contributed by atoms with E-state index in [0.29, 0.717) is 0 Å². The lowest BCUT2D eigenvalue weighted by atomic mass is 9.91. The zero-order chi connectivity index (χ0) is 11.1. The maximum Gasteiger partial charge on any atom is 0.0609 e. The van der Waals surface area contributed by atoms with Crippen LogP contribution >= 0.6 is 0 Å². The van der Waals surface area contributed by atoms with Gasteiger partial charge in [-0.3, -0.25) is 4.90 Å². The third-order valence-electron chi connectivity index (χ3n) is 4.35. The Morgan fingerprint density at radius 3 is 2.53 bits per heavy atom. The van der Waals surface area contributed by atoms with Crippen LogP contribution in [0.1, 0.15) is 26.7 Å². The minimum absolute atomic E-state index is 0.0778. The van der Waals surface area contributed by atoms with Crippen molar-refractivity contribution >= 4 is 0 Å². The molecule has 0 heterocycles. The molecule has 0 saturated heterocycles. The van der Waals surface area contributed by atoms with Gasteiger partial charge in [0.15, 0.2) is 0 Å². The predicted octanol–water partition coefficient (Wildman–Crippen LogP) is 1.90. The molecule has 1 saturated carbocycles. The van der Waals surface area contributed by atoms with Gasteiger partial charge < -0.3 is 5.11 Å². The Kier molecular flexibility index (Phi) is 2.91. The highest BCUT2D eigenvalue weighted by molar-refractivity contribution is 5.10. The summed E-state index contributed by atoms with van der Waals surface area (Å²) in [6.07, 6.45) is 7.52. The Morgan fingerprint density at radius 2 is 2.07 bits per heavy atom. The van der Waals surface area contributed by atoms with E-state index in [2.05, 4.69) is 37.9 Å². The first-order valence-corrected chi connectivity index (χ1v) is 6.03. The van der Waals surface area contributed by atoms with E-state index in [1.807, 2.05) is 0 Å². The molecule has 3 atom stereocenters. The van der Waals surface area contributed by atoms with Crippen molar-refractivity contribution in [3.63, 3.8) is 0 Å². The lowest BCUT2D eigenvalue weighted by Gasteiger charge is -2.37. The zero-order valence-corrected chi connectivity index (χ0v) is 10.1. The van der Waals surface area contributed by atoms with Crippen LogP contribution in [0.15, 0.2) is 12.2 Å². The lowest BCUT2D eigenvalue weighted by molar-refractivity contribution is 0.0629. The Morgan fingerprint density at radius 1 is 1.33 bits per heavy atom. The predicted molar refractivity (Wildman–Crippen MR) is 62.6 cm³/mol. The topological polar surface area (TPSA) is 23.5 Å². The maximum atomic E-state index is 9.31. The van der Waals surface area contributed by atoms with Gasteiger partial charge >= 0.3 is 0 Å². The molecule has 86 valence electrons. The largest absolute Gasteiger partial charge is 0.394 e. The van der Waals surface area contributed by atoms with Crippen LogP contribution in [0.3, 0.4) is 0 Å². The van der Waals surface area contributed by atoms with Crippen molar-refractivity contribution < 1.29 is 5.11 Å². The Hall–Kier alpha value is -0.340. The highest BCUT2D eigenvalue weighted by Crippen LogP contribution is 2.43. The SMILES string of the molecule is CN(CC1CC2C=CC1C2)C(C)(C)CO. The number of rotatable bonds is 4. The molecule has 0 amide bonds. The molecule has 0 aromatic rings. The second kappa shape index (κ2) is 3.91. The molecular weight excluding hydrogens is 186 g/mol. The highest BCUT2D eigenvalue weighted by atomic mass is 16.3. The van der Waals surface area contributed by atoms with Crippen molar-refractivity contribution in [1.29, 1.82) is 0 Å². The van der Waals surface area contributed by atoms with Gasteiger partial charge in [0.25, 0.3) is 0 Å². The summed E-state index contributed by atoms with van der Waals surface area (Å²) >= 11 is 0. The molecule has 0 aliphatic heterocycles. The number of aliphatic hydroxyl groups is 1. The number of allylic oxidation sites excluding steroid dienone is 2. The second-order valence-corrected chi connectivity index (χ2v) is 5.89. The average Bonchev–Trinajstić information content (AvgIpc) is 2.79. The molecule has 2 aliphatic rings. The van der Waals surface area contributed by atoms with Gasteiger partial charge in [0.1, 0.15) is 0 Å². The van der Waals surface area contributed by atoms with Crippen LogP contribution in [0.2, 0.25) is 0 Å². The third kappa shape index (κ3) is 2.11. The molecular formula is C13H23NO. The van der Waals surface area contributed by atoms with Gasteiger partial charge in [-0.05, 0) is 51.5 Å². The van der Waals surface area contributed by atoms with E-state index in [1.165, 1.54) is 12.8 Å². The summed E-state index contributed by atoms with van der Waals surface area (Å²) in [5, 5.41) is 9.31. The van der Waals surface area contributed by atoms with E-state index in [4.69, 9.17) is 0 Å². The number of hydrogen-bond donors (Lipinski definition) is 1. The standard InChI is InChI=1S/C13H23NO/c1-13(2,9-15)14(3)8-12-7-10-4-5-11(12)6-10/h4-5,10-12,15H,6-9H2,1-3H3. The van der Waals surface area contributed by atoms with Crippen molar-refractivity contribution in [3.8, 4) is 0 Å². The lowest BCUT2D eigenvalue weighted by Crippen LogP contribution is -2.46. The van der Waals surface area contributed by atoms with Crippen LogP contribution in [-0.4, -0.2) is 35.7 Å². The quantitative estimate of drug-likeness (QED) is 0.715. The van der Waals surface area contributed by atoms with Crippen LogP contribution in [0, 0.1) is 17.8 Å². The summed E-state index contributed by atoms with van der Waals surface area (Å²) in [5.41, 5.74) is -0.0778. The number of aliphatic hydroxyl groups excluding tert-OH is 1. The summed E-state index contributed by atoms with van der Waals surface area (Å²) < 4.78 is 0. The fraction of sp³-hybridized carbons (Fsp3) is 0.846. The van der Waals surface area contributed by atoms with Gasteiger partial charge in [-0.2, -0.15) is 0 Å². The van der Waals surface area contributed by atoms with Crippen LogP contribution in [0.25, 0.3) is 0 Å². The van der Waals surface area contributed by atoms with E-state index in [0.717, 1.165) is 24.3 Å². The first-order chi connectivity index (χ1) is 7.03. The zero-order valence-electron chi connectivity index (χ0n) is 10.1. The minimum atomic E-state index is -0.0778. The summed E-state index contributed by atoms with van der Waals surface area (Å²) in [6.45, 7) is 5.57. The smallest absolute Gasteiger partial charge is 0.0609 e. The first-order valence-electron chi connectivity index (χ1n) is 6.03. The molecule has 0 radical (unpaired) electrons. The Bertz CT molecular complexity index is 259. The van der Waals surface area contributed by atoms with Crippen molar-refractivity contribution in [2.45, 2.75) is 32.2 Å². The number of fused-ring (bicyclic) bond motifs is 2. The van der Waals surface area contributed by atoms with Crippen LogP contribution in [0.5, 0.6) is 0 Å². The molecule has 2 heteroatoms. The van der Waals surface area contributed by atoms with Gasteiger partial charge in [0.05, 0.1) is 6.61 Å². The molecule has 0 aromatic carbocycles. The van der Waals surface area contributed by atoms with Gasteiger partial charge in [-0.1, -0.05) is 12.2 Å². The van der Waals surface area contributed by atoms with E-state index in [9.17, 15) is 5.11 Å². The fourth-order valence-corrected chi connectivity index (χ4v) is 2.82. The summed E-state index contributed by atoms with van der Waals surface area (Å²) in [4.78, 5) is 2.31. The number of nitrogens with zero attached hydrogens (tertiary/aromatic N) is 1. The molecule has 1 fully saturated rings. The number of hydrogen-bond acceptors (Lipinski definition) is 2. The Labute approximate surface area is 93.0 Å². The van der Waals surface area contributed by atoms with Crippen molar-refractivity contribution in [3.05, 3.63) is 12.2 Å².